The maximum Gasteiger partial charge on any atom is 0.409 e. The van der Waals surface area contributed by atoms with Gasteiger partial charge in [-0.25, -0.2) is 13.2 Å². The van der Waals surface area contributed by atoms with Crippen LogP contribution < -0.4 is 0 Å². The number of ether oxygens (including phenoxy) is 1. The van der Waals surface area contributed by atoms with Gasteiger partial charge in [-0.2, -0.15) is 0 Å². The van der Waals surface area contributed by atoms with Crippen molar-refractivity contribution in [2.75, 3.05) is 39.0 Å². The van der Waals surface area contributed by atoms with Gasteiger partial charge in [-0.05, 0) is 30.0 Å². The minimum absolute atomic E-state index is 0.0110. The summed E-state index contributed by atoms with van der Waals surface area (Å²) in [4.78, 5) is 27.7. The van der Waals surface area contributed by atoms with Crippen molar-refractivity contribution in [3.05, 3.63) is 29.3 Å². The molecule has 7 nitrogen and oxygen atoms in total. The van der Waals surface area contributed by atoms with E-state index in [0.717, 1.165) is 17.5 Å². The lowest BCUT2D eigenvalue weighted by molar-refractivity contribution is -0.132. The van der Waals surface area contributed by atoms with Gasteiger partial charge in [0.1, 0.15) is 0 Å². The minimum Gasteiger partial charge on any atom is -0.453 e. The summed E-state index contributed by atoms with van der Waals surface area (Å²) in [5.74, 6) is 0.186. The molecule has 0 N–H and O–H groups in total. The Bertz CT molecular complexity index is 782. The fourth-order valence-corrected chi connectivity index (χ4v) is 4.94. The molecule has 0 aromatic heterocycles. The molecule has 0 atom stereocenters. The van der Waals surface area contributed by atoms with E-state index in [0.29, 0.717) is 37.5 Å². The molecule has 1 fully saturated rings. The Hall–Kier alpha value is -2.09. The number of nitrogens with zero attached hydrogens (tertiary/aromatic N) is 2. The molecule has 25 heavy (non-hydrogen) atoms. The number of hydrogen-bond acceptors (Lipinski definition) is 5. The largest absolute Gasteiger partial charge is 0.453 e. The second-order valence-electron chi connectivity index (χ2n) is 6.38. The average Bonchev–Trinajstić information content (AvgIpc) is 2.60. The summed E-state index contributed by atoms with van der Waals surface area (Å²) in [6.07, 6.45) is 1.23. The summed E-state index contributed by atoms with van der Waals surface area (Å²) in [5.41, 5.74) is 1.64. The molecule has 2 aliphatic heterocycles. The van der Waals surface area contributed by atoms with Gasteiger partial charge in [-0.3, -0.25) is 4.79 Å². The lowest BCUT2D eigenvalue weighted by Gasteiger charge is -2.34. The monoisotopic (exact) mass is 366 g/mol. The number of methoxy groups -OCH3 is 1. The van der Waals surface area contributed by atoms with E-state index in [-0.39, 0.29) is 24.2 Å². The van der Waals surface area contributed by atoms with E-state index < -0.39 is 9.84 Å². The summed E-state index contributed by atoms with van der Waals surface area (Å²) in [6, 6.07) is 5.20. The summed E-state index contributed by atoms with van der Waals surface area (Å²) in [7, 11) is -1.83. The first-order chi connectivity index (χ1) is 11.9. The van der Waals surface area contributed by atoms with Crippen molar-refractivity contribution in [3.63, 3.8) is 0 Å². The van der Waals surface area contributed by atoms with Gasteiger partial charge in [0.05, 0.1) is 24.2 Å². The van der Waals surface area contributed by atoms with E-state index in [1.807, 2.05) is 6.07 Å². The molecule has 8 heteroatoms. The third-order valence-electron chi connectivity index (χ3n) is 4.74. The van der Waals surface area contributed by atoms with Crippen molar-refractivity contribution in [3.8, 4) is 0 Å². The second kappa shape index (κ2) is 7.03. The number of hydrogen-bond donors (Lipinski definition) is 0. The van der Waals surface area contributed by atoms with Gasteiger partial charge < -0.3 is 14.5 Å². The molecule has 1 saturated heterocycles. The quantitative estimate of drug-likeness (QED) is 0.775. The van der Waals surface area contributed by atoms with Crippen LogP contribution in [0.2, 0.25) is 0 Å². The van der Waals surface area contributed by atoms with Crippen LogP contribution in [-0.4, -0.2) is 69.3 Å². The van der Waals surface area contributed by atoms with Crippen LogP contribution in [0.4, 0.5) is 4.79 Å². The summed E-state index contributed by atoms with van der Waals surface area (Å²) < 4.78 is 28.8. The summed E-state index contributed by atoms with van der Waals surface area (Å²) in [5, 5.41) is 0. The third-order valence-corrected chi connectivity index (χ3v) is 6.63. The van der Waals surface area contributed by atoms with Crippen LogP contribution in [0.25, 0.3) is 0 Å². The van der Waals surface area contributed by atoms with Crippen molar-refractivity contribution < 1.29 is 22.7 Å². The maximum absolute atomic E-state index is 12.5. The molecule has 1 aromatic rings. The molecule has 2 amide bonds. The van der Waals surface area contributed by atoms with Gasteiger partial charge in [0.15, 0.2) is 9.84 Å². The van der Waals surface area contributed by atoms with Crippen LogP contribution in [-0.2, 0) is 32.2 Å². The highest BCUT2D eigenvalue weighted by atomic mass is 32.2. The zero-order chi connectivity index (χ0) is 18.0. The minimum atomic E-state index is -3.17. The van der Waals surface area contributed by atoms with Gasteiger partial charge in [0.2, 0.25) is 5.91 Å². The number of carbonyl (C=O) groups excluding carboxylic acids is 2. The Morgan fingerprint density at radius 3 is 2.48 bits per heavy atom. The number of piperazine rings is 1. The van der Waals surface area contributed by atoms with Crippen molar-refractivity contribution in [2.45, 2.75) is 24.2 Å². The number of sulfone groups is 1. The highest BCUT2D eigenvalue weighted by Gasteiger charge is 2.26. The molecule has 2 heterocycles. The lowest BCUT2D eigenvalue weighted by Crippen LogP contribution is -2.50. The highest BCUT2D eigenvalue weighted by molar-refractivity contribution is 7.91. The Balaban J connectivity index is 1.64. The molecule has 0 aliphatic carbocycles. The smallest absolute Gasteiger partial charge is 0.409 e. The molecule has 2 aliphatic rings. The van der Waals surface area contributed by atoms with Gasteiger partial charge in [0, 0.05) is 26.2 Å². The third kappa shape index (κ3) is 3.78. The van der Waals surface area contributed by atoms with Crippen molar-refractivity contribution in [2.24, 2.45) is 0 Å². The second-order valence-corrected chi connectivity index (χ2v) is 8.46. The van der Waals surface area contributed by atoms with E-state index in [1.54, 1.807) is 21.9 Å². The molecule has 136 valence electrons. The fourth-order valence-electron chi connectivity index (χ4n) is 3.36. The van der Waals surface area contributed by atoms with Crippen LogP contribution >= 0.6 is 0 Å². The molecular formula is C17H22N2O5S. The first kappa shape index (κ1) is 17.7. The fraction of sp³-hybridized carbons (Fsp3) is 0.529. The first-order valence-electron chi connectivity index (χ1n) is 8.36. The summed E-state index contributed by atoms with van der Waals surface area (Å²) in [6.45, 7) is 1.88. The molecule has 3 rings (SSSR count). The molecule has 1 aromatic carbocycles. The normalized spacial score (nSPS) is 19.2. The van der Waals surface area contributed by atoms with Crippen molar-refractivity contribution in [1.29, 1.82) is 0 Å². The van der Waals surface area contributed by atoms with Gasteiger partial charge >= 0.3 is 6.09 Å². The van der Waals surface area contributed by atoms with E-state index in [2.05, 4.69) is 4.74 Å². The molecular weight excluding hydrogens is 344 g/mol. The predicted molar refractivity (Wildman–Crippen MR) is 91.1 cm³/mol. The van der Waals surface area contributed by atoms with Gasteiger partial charge in [-0.1, -0.05) is 12.1 Å². The van der Waals surface area contributed by atoms with E-state index in [9.17, 15) is 18.0 Å². The zero-order valence-electron chi connectivity index (χ0n) is 14.2. The maximum atomic E-state index is 12.5. The Morgan fingerprint density at radius 2 is 1.80 bits per heavy atom. The number of aryl methyl sites for hydroxylation is 1. The summed E-state index contributed by atoms with van der Waals surface area (Å²) >= 11 is 0. The SMILES string of the molecule is COC(=O)N1CCN(C(=O)Cc2ccc3c(c2)CCCS3(=O)=O)CC1. The average molecular weight is 366 g/mol. The van der Waals surface area contributed by atoms with Crippen LogP contribution in [0, 0.1) is 0 Å². The standard InChI is InChI=1S/C17H22N2O5S/c1-24-17(21)19-8-6-18(7-9-19)16(20)12-13-4-5-15-14(11-13)3-2-10-25(15,22)23/h4-5,11H,2-3,6-10,12H2,1H3. The van der Waals surface area contributed by atoms with Gasteiger partial charge in [0.25, 0.3) is 0 Å². The predicted octanol–water partition coefficient (Wildman–Crippen LogP) is 0.860. The first-order valence-corrected chi connectivity index (χ1v) is 10.0. The topological polar surface area (TPSA) is 84.0 Å². The van der Waals surface area contributed by atoms with E-state index >= 15 is 0 Å². The van der Waals surface area contributed by atoms with Gasteiger partial charge in [-0.15, -0.1) is 0 Å². The van der Waals surface area contributed by atoms with E-state index in [4.69, 9.17) is 0 Å². The number of fused-ring (bicyclic) bond motifs is 1. The number of rotatable bonds is 2. The van der Waals surface area contributed by atoms with Crippen LogP contribution in [0.5, 0.6) is 0 Å². The molecule has 0 radical (unpaired) electrons. The van der Waals surface area contributed by atoms with Crippen molar-refractivity contribution >= 4 is 21.8 Å². The van der Waals surface area contributed by atoms with Crippen LogP contribution in [0.1, 0.15) is 17.5 Å². The highest BCUT2D eigenvalue weighted by Crippen LogP contribution is 2.26. The number of benzene rings is 1. The van der Waals surface area contributed by atoms with E-state index in [1.165, 1.54) is 7.11 Å². The number of carbonyl (C=O) groups is 2. The van der Waals surface area contributed by atoms with Crippen LogP contribution in [0.3, 0.4) is 0 Å². The Labute approximate surface area is 147 Å². The number of amides is 2. The molecule has 0 saturated carbocycles. The van der Waals surface area contributed by atoms with Crippen molar-refractivity contribution in [1.82, 2.24) is 9.80 Å². The molecule has 0 spiro atoms. The Morgan fingerprint density at radius 1 is 1.12 bits per heavy atom. The lowest BCUT2D eigenvalue weighted by atomic mass is 10.0. The molecule has 0 unspecified atom stereocenters. The van der Waals surface area contributed by atoms with Crippen LogP contribution in [0.15, 0.2) is 23.1 Å². The molecule has 0 bridgehead atoms. The Kier molecular flexibility index (Phi) is 4.99. The zero-order valence-corrected chi connectivity index (χ0v) is 15.0.